The van der Waals surface area contributed by atoms with Gasteiger partial charge in [-0.1, -0.05) is 73.5 Å². The van der Waals surface area contributed by atoms with E-state index >= 15 is 0 Å². The number of amides is 9. The number of benzene rings is 2. The Morgan fingerprint density at radius 3 is 1.66 bits per heavy atom. The van der Waals surface area contributed by atoms with Crippen LogP contribution in [0.3, 0.4) is 0 Å². The molecule has 0 saturated carbocycles. The van der Waals surface area contributed by atoms with Crippen molar-refractivity contribution in [3.63, 3.8) is 0 Å². The fraction of sp³-hybridized carbons (Fsp3) is 0.585. The lowest BCUT2D eigenvalue weighted by Crippen LogP contribution is -2.61. The van der Waals surface area contributed by atoms with Crippen molar-refractivity contribution in [2.24, 2.45) is 5.92 Å². The number of Topliss-reactive ketones (excluding diaryl/α,β-unsaturated/α-hetero) is 1. The number of likely N-dealkylation sites (N-methyl/N-ethyl adjacent to an activating group) is 1. The van der Waals surface area contributed by atoms with E-state index in [-0.39, 0.29) is 75.5 Å². The number of aliphatic hydroxyl groups is 1. The molecule has 0 radical (unpaired) electrons. The number of hydrogen-bond donors (Lipinski definition) is 10. The Bertz CT molecular complexity index is 2270. The number of aliphatic hydroxyl groups excluding tert-OH is 1. The molecular formula is C53H81N11O11S. The Kier molecular flexibility index (Phi) is 27.6. The molecule has 1 fully saturated rings. The molecule has 1 saturated heterocycles. The van der Waals surface area contributed by atoms with Crippen molar-refractivity contribution in [1.82, 2.24) is 57.7 Å². The molecule has 0 bridgehead atoms. The quantitative estimate of drug-likeness (QED) is 0.0399. The molecule has 1 aliphatic heterocycles. The van der Waals surface area contributed by atoms with Gasteiger partial charge in [-0.3, -0.25) is 58.2 Å². The molecule has 0 aliphatic carbocycles. The predicted molar refractivity (Wildman–Crippen MR) is 289 cm³/mol. The van der Waals surface area contributed by atoms with Crippen LogP contribution in [0.2, 0.25) is 0 Å². The maximum Gasteiger partial charge on any atom is 0.245 e. The summed E-state index contributed by atoms with van der Waals surface area (Å²) in [5.41, 5.74) is 3.30. The summed E-state index contributed by atoms with van der Waals surface area (Å²) in [6, 6.07) is 7.64. The van der Waals surface area contributed by atoms with Crippen LogP contribution in [0.25, 0.3) is 0 Å². The standard InChI is InChI=1S/C53H81N11O11S/c1-32(2)25-43(58-47(69)30-63(23-20-55-36(6)66)24-21-56-37(7)67)53(75)64-22-10-11-45(64)52(74)62-44(31-76-9)51(73)59-40(26-35(5)65)49(71)61-42(28-39-18-14-34(4)15-19-39)50(72)60-41(48(70)57-29-46(68)54-8)27-38-16-12-33(3)13-17-38/h12-19,32,40-45,52,62,74H,10-11,20-31H2,1-9H3,(H,54,68)(H,55,66)(H,56,67)(H,57,70)(H,58,69)(H,59,73)(H,60,72)(H,61,71)/t40-,41-,42-,43-,44-,45-,52-/m0/s1. The second-order valence-electron chi connectivity index (χ2n) is 19.7. The third-order valence-corrected chi connectivity index (χ3v) is 13.2. The highest BCUT2D eigenvalue weighted by molar-refractivity contribution is 7.98. The first-order valence-corrected chi connectivity index (χ1v) is 27.1. The highest BCUT2D eigenvalue weighted by Crippen LogP contribution is 2.23. The smallest absolute Gasteiger partial charge is 0.245 e. The highest BCUT2D eigenvalue weighted by atomic mass is 32.2. The summed E-state index contributed by atoms with van der Waals surface area (Å²) < 4.78 is 0. The van der Waals surface area contributed by atoms with Crippen molar-refractivity contribution in [2.75, 3.05) is 64.9 Å². The van der Waals surface area contributed by atoms with E-state index in [1.807, 2.05) is 64.1 Å². The van der Waals surface area contributed by atoms with Crippen LogP contribution in [-0.2, 0) is 60.8 Å². The first kappa shape index (κ1) is 63.9. The number of nitrogens with one attached hydrogen (secondary N) is 9. The highest BCUT2D eigenvalue weighted by Gasteiger charge is 2.40. The van der Waals surface area contributed by atoms with E-state index < -0.39 is 96.0 Å². The molecule has 76 heavy (non-hydrogen) atoms. The van der Waals surface area contributed by atoms with E-state index in [1.165, 1.54) is 44.5 Å². The van der Waals surface area contributed by atoms with Crippen LogP contribution in [0, 0.1) is 19.8 Å². The summed E-state index contributed by atoms with van der Waals surface area (Å²) >= 11 is 1.26. The van der Waals surface area contributed by atoms with Gasteiger partial charge >= 0.3 is 0 Å². The zero-order valence-electron chi connectivity index (χ0n) is 45.5. The fourth-order valence-corrected chi connectivity index (χ4v) is 9.08. The number of ketones is 1. The van der Waals surface area contributed by atoms with Gasteiger partial charge in [-0.25, -0.2) is 0 Å². The molecule has 7 atom stereocenters. The topological polar surface area (TPSA) is 306 Å². The van der Waals surface area contributed by atoms with Gasteiger partial charge in [0.1, 0.15) is 36.2 Å². The molecule has 0 aromatic heterocycles. The zero-order valence-corrected chi connectivity index (χ0v) is 46.3. The van der Waals surface area contributed by atoms with Gasteiger partial charge in [0.2, 0.25) is 53.2 Å². The van der Waals surface area contributed by atoms with Gasteiger partial charge in [0.05, 0.1) is 25.2 Å². The van der Waals surface area contributed by atoms with Gasteiger partial charge in [0.25, 0.3) is 0 Å². The molecule has 1 aliphatic rings. The number of thioether (sulfide) groups is 1. The molecule has 3 rings (SSSR count). The van der Waals surface area contributed by atoms with Crippen LogP contribution in [0.1, 0.15) is 82.6 Å². The second-order valence-corrected chi connectivity index (χ2v) is 20.6. The van der Waals surface area contributed by atoms with E-state index in [0.717, 1.165) is 11.1 Å². The monoisotopic (exact) mass is 1080 g/mol. The van der Waals surface area contributed by atoms with E-state index in [2.05, 4.69) is 47.9 Å². The second kappa shape index (κ2) is 32.9. The minimum Gasteiger partial charge on any atom is -0.376 e. The molecule has 1 heterocycles. The molecular weight excluding hydrogens is 999 g/mol. The first-order chi connectivity index (χ1) is 36.0. The lowest BCUT2D eigenvalue weighted by Gasteiger charge is -2.34. The predicted octanol–water partition coefficient (Wildman–Crippen LogP) is -0.880. The van der Waals surface area contributed by atoms with Crippen LogP contribution < -0.4 is 47.9 Å². The average Bonchev–Trinajstić information content (AvgIpc) is 3.85. The number of rotatable bonds is 32. The van der Waals surface area contributed by atoms with E-state index in [0.29, 0.717) is 37.1 Å². The Morgan fingerprint density at radius 2 is 1.17 bits per heavy atom. The van der Waals surface area contributed by atoms with Crippen molar-refractivity contribution in [2.45, 2.75) is 129 Å². The van der Waals surface area contributed by atoms with Crippen molar-refractivity contribution >= 4 is 70.7 Å². The normalized spacial score (nSPS) is 15.5. The molecule has 2 aromatic carbocycles. The maximum atomic E-state index is 14.3. The first-order valence-electron chi connectivity index (χ1n) is 25.7. The lowest BCUT2D eigenvalue weighted by atomic mass is 10.0. The zero-order chi connectivity index (χ0) is 56.5. The average molecular weight is 1080 g/mol. The minimum atomic E-state index is -1.49. The van der Waals surface area contributed by atoms with Crippen molar-refractivity contribution in [1.29, 1.82) is 0 Å². The third kappa shape index (κ3) is 23.2. The molecule has 420 valence electrons. The molecule has 2 aromatic rings. The van der Waals surface area contributed by atoms with Crippen LogP contribution >= 0.6 is 11.8 Å². The van der Waals surface area contributed by atoms with E-state index in [1.54, 1.807) is 23.3 Å². The van der Waals surface area contributed by atoms with E-state index in [9.17, 15) is 53.1 Å². The van der Waals surface area contributed by atoms with Gasteiger partial charge in [-0.2, -0.15) is 11.8 Å². The summed E-state index contributed by atoms with van der Waals surface area (Å²) in [7, 11) is 1.42. The largest absolute Gasteiger partial charge is 0.376 e. The summed E-state index contributed by atoms with van der Waals surface area (Å²) in [6.45, 7) is 12.5. The van der Waals surface area contributed by atoms with Crippen LogP contribution in [-0.4, -0.2) is 181 Å². The van der Waals surface area contributed by atoms with Crippen molar-refractivity contribution in [3.8, 4) is 0 Å². The maximum absolute atomic E-state index is 14.3. The van der Waals surface area contributed by atoms with Gasteiger partial charge in [0.15, 0.2) is 0 Å². The van der Waals surface area contributed by atoms with Crippen molar-refractivity contribution < 1.29 is 53.1 Å². The molecule has 10 N–H and O–H groups in total. The number of aryl methyl sites for hydroxylation is 2. The molecule has 0 unspecified atom stereocenters. The number of likely N-dealkylation sites (tertiary alicyclic amines) is 1. The van der Waals surface area contributed by atoms with Gasteiger partial charge < -0.3 is 52.5 Å². The number of nitrogens with zero attached hydrogens (tertiary/aromatic N) is 2. The summed E-state index contributed by atoms with van der Waals surface area (Å²) in [6.07, 6.45) is 0.976. The molecule has 0 spiro atoms. The van der Waals surface area contributed by atoms with Crippen LogP contribution in [0.4, 0.5) is 0 Å². The van der Waals surface area contributed by atoms with E-state index in [4.69, 9.17) is 0 Å². The van der Waals surface area contributed by atoms with Gasteiger partial charge in [-0.15, -0.1) is 0 Å². The Hall–Kier alpha value is -6.43. The van der Waals surface area contributed by atoms with Crippen molar-refractivity contribution in [3.05, 3.63) is 70.8 Å². The molecule has 22 nitrogen and oxygen atoms in total. The lowest BCUT2D eigenvalue weighted by molar-refractivity contribution is -0.140. The minimum absolute atomic E-state index is 0.0233. The van der Waals surface area contributed by atoms with Gasteiger partial charge in [0, 0.05) is 78.6 Å². The number of carbonyl (C=O) groups is 10. The SMILES string of the molecule is CNC(=O)CNC(=O)[C@H](Cc1ccc(C)cc1)NC(=O)[C@H](Cc1ccc(C)cc1)NC(=O)[C@H](CC(C)=O)NC(=O)[C@H](CSC)N[C@@H](O)[C@@H]1CCCN1C(=O)[C@H](CC(C)C)NC(=O)CN(CCNC(C)=O)CCNC(C)=O. The molecule has 9 amide bonds. The summed E-state index contributed by atoms with van der Waals surface area (Å²) in [5.74, 6) is -5.20. The van der Waals surface area contributed by atoms with Crippen LogP contribution in [0.5, 0.6) is 0 Å². The van der Waals surface area contributed by atoms with Crippen LogP contribution in [0.15, 0.2) is 48.5 Å². The Labute approximate surface area is 450 Å². The molecule has 23 heteroatoms. The Morgan fingerprint density at radius 1 is 0.671 bits per heavy atom. The fourth-order valence-electron chi connectivity index (χ4n) is 8.49. The Balaban J connectivity index is 1.83. The number of hydrogen-bond acceptors (Lipinski definition) is 14. The summed E-state index contributed by atoms with van der Waals surface area (Å²) in [5, 5.41) is 36.1. The van der Waals surface area contributed by atoms with Gasteiger partial charge in [-0.05, 0) is 63.3 Å². The number of carbonyl (C=O) groups excluding carboxylic acids is 10. The summed E-state index contributed by atoms with van der Waals surface area (Å²) in [4.78, 5) is 135. The third-order valence-electron chi connectivity index (χ3n) is 12.5.